The van der Waals surface area contributed by atoms with Gasteiger partial charge in [-0.25, -0.2) is 0 Å². The molecule has 0 amide bonds. The second-order valence-electron chi connectivity index (χ2n) is 11.0. The molecule has 1 spiro atoms. The quantitative estimate of drug-likeness (QED) is 0.427. The first-order valence-corrected chi connectivity index (χ1v) is 17.3. The highest BCUT2D eigenvalue weighted by Gasteiger charge is 2.50. The molecule has 1 heterocycles. The predicted octanol–water partition coefficient (Wildman–Crippen LogP) is 5.61. The van der Waals surface area contributed by atoms with E-state index < -0.39 is 22.2 Å². The van der Waals surface area contributed by atoms with Crippen LogP contribution in [0, 0.1) is 35.1 Å². The molecular formula is C24H40O3Si2. The minimum absolute atomic E-state index is 0.223. The van der Waals surface area contributed by atoms with E-state index in [2.05, 4.69) is 76.8 Å². The lowest BCUT2D eigenvalue weighted by Crippen LogP contribution is -2.42. The summed E-state index contributed by atoms with van der Waals surface area (Å²) in [6.45, 7) is 20.4. The molecule has 0 aromatic rings. The zero-order valence-corrected chi connectivity index (χ0v) is 21.8. The van der Waals surface area contributed by atoms with E-state index in [0.29, 0.717) is 25.0 Å². The Balaban J connectivity index is 1.98. The van der Waals surface area contributed by atoms with Crippen molar-refractivity contribution in [2.45, 2.75) is 83.6 Å². The third-order valence-corrected chi connectivity index (χ3v) is 11.6. The molecule has 1 saturated carbocycles. The third-order valence-electron chi connectivity index (χ3n) is 6.25. The number of rotatable bonds is 4. The van der Waals surface area contributed by atoms with Gasteiger partial charge in [-0.15, -0.1) is 5.54 Å². The Kier molecular flexibility index (Phi) is 8.04. The molecule has 2 aliphatic rings. The fourth-order valence-electron chi connectivity index (χ4n) is 3.50. The summed E-state index contributed by atoms with van der Waals surface area (Å²) in [7, 11) is -3.07. The summed E-state index contributed by atoms with van der Waals surface area (Å²) in [4.78, 5) is 0. The predicted molar refractivity (Wildman–Crippen MR) is 127 cm³/mol. The molecule has 162 valence electrons. The fourth-order valence-corrected chi connectivity index (χ4v) is 5.08. The second-order valence-corrected chi connectivity index (χ2v) is 20.5. The fraction of sp³-hybridized carbons (Fsp3) is 0.750. The van der Waals surface area contributed by atoms with Crippen LogP contribution in [-0.2, 0) is 13.9 Å². The molecule has 1 saturated heterocycles. The van der Waals surface area contributed by atoms with Gasteiger partial charge in [-0.2, -0.15) is 0 Å². The van der Waals surface area contributed by atoms with E-state index in [4.69, 9.17) is 13.9 Å². The van der Waals surface area contributed by atoms with Crippen molar-refractivity contribution >= 4 is 16.4 Å². The van der Waals surface area contributed by atoms with Crippen molar-refractivity contribution in [2.75, 3.05) is 19.8 Å². The summed E-state index contributed by atoms with van der Waals surface area (Å²) in [5, 5.41) is 0.223. The molecule has 2 atom stereocenters. The van der Waals surface area contributed by atoms with Crippen LogP contribution >= 0.6 is 0 Å². The maximum Gasteiger partial charge on any atom is 0.191 e. The number of allylic oxidation sites excluding steroid dienone is 2. The summed E-state index contributed by atoms with van der Waals surface area (Å²) < 4.78 is 18.6. The molecule has 5 heteroatoms. The van der Waals surface area contributed by atoms with Crippen molar-refractivity contribution in [3.8, 4) is 23.3 Å². The molecule has 0 radical (unpaired) electrons. The van der Waals surface area contributed by atoms with Gasteiger partial charge < -0.3 is 13.9 Å². The average Bonchev–Trinajstić information content (AvgIpc) is 3.17. The van der Waals surface area contributed by atoms with Crippen LogP contribution in [0.4, 0.5) is 0 Å². The van der Waals surface area contributed by atoms with Crippen molar-refractivity contribution in [2.24, 2.45) is 11.8 Å². The maximum absolute atomic E-state index is 6.55. The van der Waals surface area contributed by atoms with Gasteiger partial charge in [0.1, 0.15) is 8.07 Å². The van der Waals surface area contributed by atoms with E-state index in [1.807, 2.05) is 12.2 Å². The van der Waals surface area contributed by atoms with E-state index in [-0.39, 0.29) is 5.04 Å². The van der Waals surface area contributed by atoms with Crippen LogP contribution < -0.4 is 0 Å². The second kappa shape index (κ2) is 9.54. The molecule has 3 nitrogen and oxygen atoms in total. The van der Waals surface area contributed by atoms with Gasteiger partial charge in [-0.05, 0) is 42.1 Å². The molecule has 0 bridgehead atoms. The Labute approximate surface area is 181 Å². The van der Waals surface area contributed by atoms with Gasteiger partial charge in [0.25, 0.3) is 0 Å². The highest BCUT2D eigenvalue weighted by molar-refractivity contribution is 6.83. The topological polar surface area (TPSA) is 27.7 Å². The van der Waals surface area contributed by atoms with Crippen molar-refractivity contribution < 1.29 is 13.9 Å². The molecule has 0 unspecified atom stereocenters. The molecule has 0 aromatic carbocycles. The minimum Gasteiger partial charge on any atom is -0.417 e. The van der Waals surface area contributed by atoms with Gasteiger partial charge in [-0.3, -0.25) is 0 Å². The summed E-state index contributed by atoms with van der Waals surface area (Å²) in [5.41, 5.74) is 3.33. The Bertz CT molecular complexity index is 699. The summed E-state index contributed by atoms with van der Waals surface area (Å²) >= 11 is 0. The molecule has 1 aliphatic carbocycles. The van der Waals surface area contributed by atoms with Gasteiger partial charge in [0, 0.05) is 25.9 Å². The van der Waals surface area contributed by atoms with E-state index in [1.54, 1.807) is 0 Å². The van der Waals surface area contributed by atoms with Crippen molar-refractivity contribution in [1.82, 2.24) is 0 Å². The molecule has 29 heavy (non-hydrogen) atoms. The standard InChI is InChI=1S/C24H40O3Si2/c1-23(2,3)29(7,8)27-20-22-19-24(25-15-16-26-24)18-21(22)14-12-10-9-11-13-17-28(4,5)6/h9,11,21-22H,14-16,18-20H2,1-8H3/b11-9+/t21-,22+/m0/s1. The molecule has 0 aromatic heterocycles. The smallest absolute Gasteiger partial charge is 0.191 e. The van der Waals surface area contributed by atoms with Crippen LogP contribution in [0.1, 0.15) is 40.0 Å². The van der Waals surface area contributed by atoms with Crippen LogP contribution in [0.15, 0.2) is 12.2 Å². The van der Waals surface area contributed by atoms with Gasteiger partial charge in [-0.1, -0.05) is 58.2 Å². The highest BCUT2D eigenvalue weighted by atomic mass is 28.4. The monoisotopic (exact) mass is 432 g/mol. The van der Waals surface area contributed by atoms with E-state index >= 15 is 0 Å². The largest absolute Gasteiger partial charge is 0.417 e. The van der Waals surface area contributed by atoms with Gasteiger partial charge in [0.2, 0.25) is 0 Å². The zero-order chi connectivity index (χ0) is 21.8. The van der Waals surface area contributed by atoms with Crippen LogP contribution in [-0.4, -0.2) is 42.0 Å². The summed E-state index contributed by atoms with van der Waals surface area (Å²) in [6, 6.07) is 0. The Morgan fingerprint density at radius 2 is 1.55 bits per heavy atom. The average molecular weight is 433 g/mol. The lowest BCUT2D eigenvalue weighted by atomic mass is 9.94. The molecule has 2 fully saturated rings. The van der Waals surface area contributed by atoms with E-state index in [1.165, 1.54) is 0 Å². The Hall–Kier alpha value is -0.826. The van der Waals surface area contributed by atoms with Gasteiger partial charge >= 0.3 is 0 Å². The highest BCUT2D eigenvalue weighted by Crippen LogP contribution is 2.47. The van der Waals surface area contributed by atoms with E-state index in [9.17, 15) is 0 Å². The van der Waals surface area contributed by atoms with Crippen molar-refractivity contribution in [3.63, 3.8) is 0 Å². The van der Waals surface area contributed by atoms with E-state index in [0.717, 1.165) is 25.9 Å². The first-order chi connectivity index (χ1) is 13.3. The maximum atomic E-state index is 6.55. The molecular weight excluding hydrogens is 392 g/mol. The van der Waals surface area contributed by atoms with Gasteiger partial charge in [0.05, 0.1) is 13.2 Å². The lowest BCUT2D eigenvalue weighted by Gasteiger charge is -2.37. The molecule has 2 rings (SSSR count). The van der Waals surface area contributed by atoms with Gasteiger partial charge in [0.15, 0.2) is 14.1 Å². The number of ether oxygens (including phenoxy) is 2. The SMILES string of the molecule is CC(C)(C)[Si](C)(C)OC[C@H]1CC2(C[C@@H]1CC#C/C=C/C#C[Si](C)(C)C)OCCO2. The first-order valence-electron chi connectivity index (χ1n) is 10.9. The lowest BCUT2D eigenvalue weighted by molar-refractivity contribution is -0.154. The van der Waals surface area contributed by atoms with Crippen LogP contribution in [0.3, 0.4) is 0 Å². The summed E-state index contributed by atoms with van der Waals surface area (Å²) in [5.74, 6) is 10.1. The van der Waals surface area contributed by atoms with Crippen LogP contribution in [0.5, 0.6) is 0 Å². The minimum atomic E-state index is -1.76. The first kappa shape index (κ1) is 24.4. The number of hydrogen-bond acceptors (Lipinski definition) is 3. The van der Waals surface area contributed by atoms with Crippen molar-refractivity contribution in [1.29, 1.82) is 0 Å². The van der Waals surface area contributed by atoms with Crippen molar-refractivity contribution in [3.05, 3.63) is 12.2 Å². The molecule has 0 N–H and O–H groups in total. The summed E-state index contributed by atoms with van der Waals surface area (Å²) in [6.07, 6.45) is 6.45. The normalized spacial score (nSPS) is 24.4. The zero-order valence-electron chi connectivity index (χ0n) is 19.8. The third kappa shape index (κ3) is 7.42. The van der Waals surface area contributed by atoms with Crippen LogP contribution in [0.25, 0.3) is 0 Å². The Morgan fingerprint density at radius 3 is 2.14 bits per heavy atom. The Morgan fingerprint density at radius 1 is 0.966 bits per heavy atom. The van der Waals surface area contributed by atoms with Crippen LogP contribution in [0.2, 0.25) is 37.8 Å². The molecule has 1 aliphatic heterocycles. The number of hydrogen-bond donors (Lipinski definition) is 0.